The Balaban J connectivity index is 1.74. The minimum absolute atomic E-state index is 0.109. The zero-order valence-corrected chi connectivity index (χ0v) is 15.4. The van der Waals surface area contributed by atoms with Gasteiger partial charge in [0.2, 0.25) is 0 Å². The van der Waals surface area contributed by atoms with E-state index in [4.69, 9.17) is 0 Å². The number of Topliss-reactive ketones (excluding diaryl/α,β-unsaturated/α-hetero) is 1. The van der Waals surface area contributed by atoms with Crippen LogP contribution in [0, 0.1) is 0 Å². The fraction of sp³-hybridized carbons (Fsp3) is 0.318. The third kappa shape index (κ3) is 2.85. The highest BCUT2D eigenvalue weighted by atomic mass is 16.1. The molecule has 134 valence electrons. The van der Waals surface area contributed by atoms with E-state index in [9.17, 15) is 4.79 Å². The summed E-state index contributed by atoms with van der Waals surface area (Å²) in [6.45, 7) is 6.31. The van der Waals surface area contributed by atoms with Gasteiger partial charge in [0.25, 0.3) is 0 Å². The first-order valence-electron chi connectivity index (χ1n) is 9.45. The van der Waals surface area contributed by atoms with E-state index in [1.807, 2.05) is 12.1 Å². The Morgan fingerprint density at radius 1 is 0.962 bits per heavy atom. The van der Waals surface area contributed by atoms with Crippen LogP contribution >= 0.6 is 0 Å². The monoisotopic (exact) mass is 347 g/mol. The van der Waals surface area contributed by atoms with Crippen LogP contribution in [0.4, 0.5) is 17.1 Å². The van der Waals surface area contributed by atoms with E-state index >= 15 is 0 Å². The number of fused-ring (bicyclic) bond motifs is 1. The van der Waals surface area contributed by atoms with E-state index in [-0.39, 0.29) is 11.8 Å². The third-order valence-electron chi connectivity index (χ3n) is 5.38. The molecule has 2 aliphatic rings. The molecule has 2 aromatic carbocycles. The summed E-state index contributed by atoms with van der Waals surface area (Å²) in [6.07, 6.45) is 1.38. The number of carbonyl (C=O) groups excluding carboxylic acids is 1. The number of hydrogen-bond acceptors (Lipinski definition) is 4. The van der Waals surface area contributed by atoms with Crippen molar-refractivity contribution in [1.82, 2.24) is 0 Å². The molecular weight excluding hydrogens is 322 g/mol. The number of benzene rings is 2. The molecule has 4 heteroatoms. The van der Waals surface area contributed by atoms with Crippen LogP contribution in [0.15, 0.2) is 59.8 Å². The molecule has 1 atom stereocenters. The summed E-state index contributed by atoms with van der Waals surface area (Å²) in [5.74, 6) is 0.241. The maximum atomic E-state index is 12.6. The number of para-hydroxylation sites is 2. The molecule has 2 aromatic rings. The minimum Gasteiger partial charge on any atom is -0.372 e. The van der Waals surface area contributed by atoms with E-state index in [1.54, 1.807) is 0 Å². The molecule has 0 amide bonds. The van der Waals surface area contributed by atoms with E-state index in [0.717, 1.165) is 47.7 Å². The van der Waals surface area contributed by atoms with E-state index in [0.29, 0.717) is 6.42 Å². The number of nitrogens with one attached hydrogen (secondary N) is 2. The molecule has 0 fully saturated rings. The van der Waals surface area contributed by atoms with Gasteiger partial charge in [-0.15, -0.1) is 0 Å². The summed E-state index contributed by atoms with van der Waals surface area (Å²) in [4.78, 5) is 14.9. The molecule has 1 heterocycles. The van der Waals surface area contributed by atoms with Gasteiger partial charge >= 0.3 is 0 Å². The van der Waals surface area contributed by atoms with Gasteiger partial charge in [-0.05, 0) is 50.1 Å². The minimum atomic E-state index is -0.109. The van der Waals surface area contributed by atoms with E-state index < -0.39 is 0 Å². The average molecular weight is 347 g/mol. The molecule has 2 N–H and O–H groups in total. The van der Waals surface area contributed by atoms with Crippen LogP contribution < -0.4 is 15.5 Å². The molecule has 4 nitrogen and oxygen atoms in total. The lowest BCUT2D eigenvalue weighted by atomic mass is 9.96. The second-order valence-corrected chi connectivity index (χ2v) is 6.83. The first kappa shape index (κ1) is 16.7. The molecule has 0 radical (unpaired) electrons. The molecule has 0 unspecified atom stereocenters. The molecule has 26 heavy (non-hydrogen) atoms. The van der Waals surface area contributed by atoms with Gasteiger partial charge in [0.05, 0.1) is 17.4 Å². The van der Waals surface area contributed by atoms with Crippen molar-refractivity contribution in [2.75, 3.05) is 28.6 Å². The van der Waals surface area contributed by atoms with Crippen LogP contribution in [-0.2, 0) is 4.79 Å². The van der Waals surface area contributed by atoms with Crippen LogP contribution in [-0.4, -0.2) is 18.9 Å². The van der Waals surface area contributed by atoms with Crippen molar-refractivity contribution in [3.05, 3.63) is 65.4 Å². The van der Waals surface area contributed by atoms with E-state index in [2.05, 4.69) is 65.8 Å². The number of nitrogens with zero attached hydrogens (tertiary/aromatic N) is 1. The third-order valence-corrected chi connectivity index (χ3v) is 5.38. The average Bonchev–Trinajstić information content (AvgIpc) is 2.94. The van der Waals surface area contributed by atoms with Crippen LogP contribution in [0.1, 0.15) is 38.3 Å². The van der Waals surface area contributed by atoms with Gasteiger partial charge in [0.1, 0.15) is 0 Å². The Bertz CT molecular complexity index is 850. The van der Waals surface area contributed by atoms with Crippen molar-refractivity contribution < 1.29 is 4.79 Å². The quantitative estimate of drug-likeness (QED) is 0.839. The molecule has 1 aliphatic heterocycles. The molecule has 4 rings (SSSR count). The van der Waals surface area contributed by atoms with Gasteiger partial charge in [-0.1, -0.05) is 24.3 Å². The summed E-state index contributed by atoms with van der Waals surface area (Å²) < 4.78 is 0. The molecule has 0 aromatic heterocycles. The highest BCUT2D eigenvalue weighted by Gasteiger charge is 2.33. The fourth-order valence-electron chi connectivity index (χ4n) is 3.97. The lowest BCUT2D eigenvalue weighted by Gasteiger charge is -2.24. The summed E-state index contributed by atoms with van der Waals surface area (Å²) in [5.41, 5.74) is 6.37. The van der Waals surface area contributed by atoms with Crippen LogP contribution in [0.25, 0.3) is 0 Å². The smallest absolute Gasteiger partial charge is 0.163 e. The van der Waals surface area contributed by atoms with Crippen molar-refractivity contribution in [3.8, 4) is 0 Å². The number of ketones is 1. The first-order valence-corrected chi connectivity index (χ1v) is 9.45. The van der Waals surface area contributed by atoms with Crippen molar-refractivity contribution >= 4 is 22.8 Å². The first-order chi connectivity index (χ1) is 12.7. The summed E-state index contributed by atoms with van der Waals surface area (Å²) >= 11 is 0. The predicted octanol–water partition coefficient (Wildman–Crippen LogP) is 4.73. The SMILES string of the molecule is CCN(CC)c1ccc([C@@H]2Nc3ccccc3NC3=C2C(=O)CC3)cc1. The van der Waals surface area contributed by atoms with Gasteiger partial charge in [-0.25, -0.2) is 0 Å². The number of allylic oxidation sites excluding steroid dienone is 1. The molecule has 0 saturated carbocycles. The van der Waals surface area contributed by atoms with Crippen molar-refractivity contribution in [3.63, 3.8) is 0 Å². The second kappa shape index (κ2) is 6.87. The van der Waals surface area contributed by atoms with Gasteiger partial charge in [-0.3, -0.25) is 4.79 Å². The zero-order valence-electron chi connectivity index (χ0n) is 15.4. The van der Waals surface area contributed by atoms with Crippen molar-refractivity contribution in [2.45, 2.75) is 32.7 Å². The van der Waals surface area contributed by atoms with Crippen LogP contribution in [0.5, 0.6) is 0 Å². The summed E-state index contributed by atoms with van der Waals surface area (Å²) in [6, 6.07) is 16.7. The topological polar surface area (TPSA) is 44.4 Å². The Labute approximate surface area is 154 Å². The molecule has 0 spiro atoms. The Hall–Kier alpha value is -2.75. The number of carbonyl (C=O) groups is 1. The lowest BCUT2D eigenvalue weighted by Crippen LogP contribution is -2.22. The van der Waals surface area contributed by atoms with Crippen LogP contribution in [0.2, 0.25) is 0 Å². The van der Waals surface area contributed by atoms with Crippen LogP contribution in [0.3, 0.4) is 0 Å². The van der Waals surface area contributed by atoms with Gasteiger partial charge in [0.15, 0.2) is 5.78 Å². The zero-order chi connectivity index (χ0) is 18.1. The number of hydrogen-bond donors (Lipinski definition) is 2. The fourth-order valence-corrected chi connectivity index (χ4v) is 3.97. The number of rotatable bonds is 4. The largest absolute Gasteiger partial charge is 0.372 e. The molecule has 0 bridgehead atoms. The second-order valence-electron chi connectivity index (χ2n) is 6.83. The standard InChI is InChI=1S/C22H25N3O/c1-3-25(4-2)16-11-9-15(10-12-16)22-21-19(13-14-20(21)26)23-17-7-5-6-8-18(17)24-22/h5-12,22-24H,3-4,13-14H2,1-2H3/t22-/m0/s1. The Morgan fingerprint density at radius 3 is 2.35 bits per heavy atom. The van der Waals surface area contributed by atoms with Gasteiger partial charge in [0, 0.05) is 36.5 Å². The summed E-state index contributed by atoms with van der Waals surface area (Å²) in [5, 5.41) is 7.09. The normalized spacial score (nSPS) is 18.5. The molecule has 1 aliphatic carbocycles. The highest BCUT2D eigenvalue weighted by molar-refractivity contribution is 6.02. The van der Waals surface area contributed by atoms with Gasteiger partial charge in [-0.2, -0.15) is 0 Å². The summed E-state index contributed by atoms with van der Waals surface area (Å²) in [7, 11) is 0. The molecular formula is C22H25N3O. The highest BCUT2D eigenvalue weighted by Crippen LogP contribution is 2.41. The van der Waals surface area contributed by atoms with Crippen molar-refractivity contribution in [1.29, 1.82) is 0 Å². The van der Waals surface area contributed by atoms with Gasteiger partial charge < -0.3 is 15.5 Å². The maximum Gasteiger partial charge on any atom is 0.163 e. The van der Waals surface area contributed by atoms with E-state index in [1.165, 1.54) is 5.69 Å². The number of anilines is 3. The maximum absolute atomic E-state index is 12.6. The predicted molar refractivity (Wildman–Crippen MR) is 108 cm³/mol. The van der Waals surface area contributed by atoms with Crippen molar-refractivity contribution in [2.24, 2.45) is 0 Å². The Kier molecular flexibility index (Phi) is 4.41. The Morgan fingerprint density at radius 2 is 1.65 bits per heavy atom. The lowest BCUT2D eigenvalue weighted by molar-refractivity contribution is -0.115. The molecule has 0 saturated heterocycles.